The standard InChI is InChI=1S/C8H11N3O3/c1-14-7-3-2-6(10-11-7)9-5-4-8(12)13/h2-3H,4-5H2,1H3,(H,9,10)(H,12,13). The van der Waals surface area contributed by atoms with Crippen molar-refractivity contribution in [3.05, 3.63) is 12.1 Å². The number of aliphatic carboxylic acids is 1. The predicted octanol–water partition coefficient (Wildman–Crippen LogP) is 0.372. The highest BCUT2D eigenvalue weighted by Crippen LogP contribution is 2.06. The monoisotopic (exact) mass is 197 g/mol. The molecule has 0 saturated carbocycles. The van der Waals surface area contributed by atoms with Crippen LogP contribution in [0.1, 0.15) is 6.42 Å². The molecule has 0 aliphatic heterocycles. The van der Waals surface area contributed by atoms with Crippen molar-refractivity contribution in [3.63, 3.8) is 0 Å². The van der Waals surface area contributed by atoms with Crippen LogP contribution in [0.5, 0.6) is 5.88 Å². The van der Waals surface area contributed by atoms with Crippen LogP contribution in [0, 0.1) is 0 Å². The fraction of sp³-hybridized carbons (Fsp3) is 0.375. The molecule has 0 radical (unpaired) electrons. The molecule has 0 atom stereocenters. The third-order valence-electron chi connectivity index (χ3n) is 1.49. The topological polar surface area (TPSA) is 84.3 Å². The highest BCUT2D eigenvalue weighted by atomic mass is 16.5. The summed E-state index contributed by atoms with van der Waals surface area (Å²) in [4.78, 5) is 10.2. The van der Waals surface area contributed by atoms with Gasteiger partial charge in [0.05, 0.1) is 13.5 Å². The summed E-state index contributed by atoms with van der Waals surface area (Å²) < 4.78 is 4.82. The highest BCUT2D eigenvalue weighted by Gasteiger charge is 1.98. The molecule has 1 aromatic heterocycles. The van der Waals surface area contributed by atoms with Gasteiger partial charge in [0, 0.05) is 12.6 Å². The van der Waals surface area contributed by atoms with Crippen molar-refractivity contribution in [2.45, 2.75) is 6.42 Å². The summed E-state index contributed by atoms with van der Waals surface area (Å²) in [6.45, 7) is 0.330. The Morgan fingerprint density at radius 1 is 1.57 bits per heavy atom. The maximum atomic E-state index is 10.2. The zero-order valence-electron chi connectivity index (χ0n) is 7.73. The third-order valence-corrected chi connectivity index (χ3v) is 1.49. The Morgan fingerprint density at radius 2 is 2.36 bits per heavy atom. The molecule has 2 N–H and O–H groups in total. The number of hydrogen-bond acceptors (Lipinski definition) is 5. The van der Waals surface area contributed by atoms with Gasteiger partial charge in [-0.2, -0.15) is 0 Å². The van der Waals surface area contributed by atoms with E-state index in [2.05, 4.69) is 15.5 Å². The molecule has 1 aromatic rings. The molecule has 6 nitrogen and oxygen atoms in total. The minimum Gasteiger partial charge on any atom is -0.481 e. The molecule has 6 heteroatoms. The number of rotatable bonds is 5. The number of nitrogens with one attached hydrogen (secondary N) is 1. The lowest BCUT2D eigenvalue weighted by Gasteiger charge is -2.02. The molecular formula is C8H11N3O3. The number of carboxylic acid groups (broad SMARTS) is 1. The van der Waals surface area contributed by atoms with Crippen LogP contribution in [-0.4, -0.2) is 34.9 Å². The fourth-order valence-electron chi connectivity index (χ4n) is 0.821. The lowest BCUT2D eigenvalue weighted by Crippen LogP contribution is -2.08. The van der Waals surface area contributed by atoms with E-state index in [0.717, 1.165) is 0 Å². The molecule has 0 saturated heterocycles. The number of nitrogens with zero attached hydrogens (tertiary/aromatic N) is 2. The van der Waals surface area contributed by atoms with E-state index in [4.69, 9.17) is 9.84 Å². The van der Waals surface area contributed by atoms with Gasteiger partial charge in [0.25, 0.3) is 0 Å². The zero-order valence-corrected chi connectivity index (χ0v) is 7.73. The van der Waals surface area contributed by atoms with Gasteiger partial charge in [-0.1, -0.05) is 0 Å². The quantitative estimate of drug-likeness (QED) is 0.709. The fourth-order valence-corrected chi connectivity index (χ4v) is 0.821. The van der Waals surface area contributed by atoms with Gasteiger partial charge in [-0.3, -0.25) is 4.79 Å². The largest absolute Gasteiger partial charge is 0.481 e. The van der Waals surface area contributed by atoms with Crippen LogP contribution in [0.4, 0.5) is 5.82 Å². The first kappa shape index (κ1) is 10.2. The van der Waals surface area contributed by atoms with E-state index in [-0.39, 0.29) is 6.42 Å². The Kier molecular flexibility index (Phi) is 3.66. The van der Waals surface area contributed by atoms with E-state index in [1.54, 1.807) is 12.1 Å². The average Bonchev–Trinajstić information content (AvgIpc) is 2.18. The van der Waals surface area contributed by atoms with Crippen molar-refractivity contribution in [3.8, 4) is 5.88 Å². The van der Waals surface area contributed by atoms with Crippen molar-refractivity contribution in [2.24, 2.45) is 0 Å². The molecular weight excluding hydrogens is 186 g/mol. The van der Waals surface area contributed by atoms with Crippen LogP contribution in [-0.2, 0) is 4.79 Å². The van der Waals surface area contributed by atoms with Gasteiger partial charge in [0.2, 0.25) is 5.88 Å². The van der Waals surface area contributed by atoms with Gasteiger partial charge in [-0.05, 0) is 6.07 Å². The molecule has 0 bridgehead atoms. The van der Waals surface area contributed by atoms with E-state index in [1.807, 2.05) is 0 Å². The number of carbonyl (C=O) groups is 1. The summed E-state index contributed by atoms with van der Waals surface area (Å²) in [5, 5.41) is 18.7. The van der Waals surface area contributed by atoms with E-state index >= 15 is 0 Å². The number of methoxy groups -OCH3 is 1. The van der Waals surface area contributed by atoms with Gasteiger partial charge in [0.1, 0.15) is 5.82 Å². The Labute approximate surface area is 80.9 Å². The Morgan fingerprint density at radius 3 is 2.86 bits per heavy atom. The summed E-state index contributed by atoms with van der Waals surface area (Å²) in [6.07, 6.45) is 0.0493. The van der Waals surface area contributed by atoms with Crippen LogP contribution in [0.2, 0.25) is 0 Å². The van der Waals surface area contributed by atoms with Crippen LogP contribution < -0.4 is 10.1 Å². The number of anilines is 1. The number of carboxylic acids is 1. The van der Waals surface area contributed by atoms with Gasteiger partial charge in [-0.15, -0.1) is 10.2 Å². The molecule has 14 heavy (non-hydrogen) atoms. The van der Waals surface area contributed by atoms with Crippen LogP contribution in [0.3, 0.4) is 0 Å². The maximum absolute atomic E-state index is 10.2. The van der Waals surface area contributed by atoms with Gasteiger partial charge in [-0.25, -0.2) is 0 Å². The van der Waals surface area contributed by atoms with E-state index in [1.165, 1.54) is 7.11 Å². The molecule has 0 amide bonds. The molecule has 1 rings (SSSR count). The summed E-state index contributed by atoms with van der Waals surface area (Å²) >= 11 is 0. The second-order valence-corrected chi connectivity index (χ2v) is 2.53. The molecule has 0 unspecified atom stereocenters. The second kappa shape index (κ2) is 5.00. The van der Waals surface area contributed by atoms with Gasteiger partial charge in [0.15, 0.2) is 0 Å². The average molecular weight is 197 g/mol. The van der Waals surface area contributed by atoms with E-state index < -0.39 is 5.97 Å². The lowest BCUT2D eigenvalue weighted by atomic mass is 10.4. The number of hydrogen-bond donors (Lipinski definition) is 2. The minimum absolute atomic E-state index is 0.0493. The maximum Gasteiger partial charge on any atom is 0.305 e. The first-order chi connectivity index (χ1) is 6.72. The lowest BCUT2D eigenvalue weighted by molar-refractivity contribution is -0.136. The molecule has 0 fully saturated rings. The van der Waals surface area contributed by atoms with Crippen molar-refractivity contribution in [1.29, 1.82) is 0 Å². The Hall–Kier alpha value is -1.85. The molecule has 0 spiro atoms. The molecule has 0 aliphatic rings. The first-order valence-corrected chi connectivity index (χ1v) is 4.06. The molecule has 0 aliphatic carbocycles. The third kappa shape index (κ3) is 3.26. The van der Waals surface area contributed by atoms with Crippen molar-refractivity contribution < 1.29 is 14.6 Å². The summed E-state index contributed by atoms with van der Waals surface area (Å²) in [5.74, 6) is 0.111. The predicted molar refractivity (Wildman–Crippen MR) is 49.3 cm³/mol. The highest BCUT2D eigenvalue weighted by molar-refractivity contribution is 5.67. The SMILES string of the molecule is COc1ccc(NCCC(=O)O)nn1. The summed E-state index contributed by atoms with van der Waals surface area (Å²) in [5.41, 5.74) is 0. The van der Waals surface area contributed by atoms with E-state index in [0.29, 0.717) is 18.2 Å². The molecule has 76 valence electrons. The van der Waals surface area contributed by atoms with Gasteiger partial charge >= 0.3 is 5.97 Å². The first-order valence-electron chi connectivity index (χ1n) is 4.06. The summed E-state index contributed by atoms with van der Waals surface area (Å²) in [7, 11) is 1.50. The van der Waals surface area contributed by atoms with Crippen molar-refractivity contribution >= 4 is 11.8 Å². The molecule has 1 heterocycles. The second-order valence-electron chi connectivity index (χ2n) is 2.53. The smallest absolute Gasteiger partial charge is 0.305 e. The Balaban J connectivity index is 2.40. The number of ether oxygens (including phenoxy) is 1. The van der Waals surface area contributed by atoms with Crippen LogP contribution in [0.15, 0.2) is 12.1 Å². The normalized spacial score (nSPS) is 9.50. The Bertz CT molecular complexity index is 299. The van der Waals surface area contributed by atoms with E-state index in [9.17, 15) is 4.79 Å². The number of aromatic nitrogens is 2. The molecule has 0 aromatic carbocycles. The summed E-state index contributed by atoms with van der Waals surface area (Å²) in [6, 6.07) is 3.32. The van der Waals surface area contributed by atoms with Gasteiger partial charge < -0.3 is 15.2 Å². The van der Waals surface area contributed by atoms with Crippen molar-refractivity contribution in [1.82, 2.24) is 10.2 Å². The zero-order chi connectivity index (χ0) is 10.4. The van der Waals surface area contributed by atoms with Crippen molar-refractivity contribution in [2.75, 3.05) is 19.0 Å². The minimum atomic E-state index is -0.848. The van der Waals surface area contributed by atoms with Crippen LogP contribution >= 0.6 is 0 Å². The van der Waals surface area contributed by atoms with Crippen LogP contribution in [0.25, 0.3) is 0 Å².